The molecule has 0 saturated carbocycles. The van der Waals surface area contributed by atoms with Gasteiger partial charge < -0.3 is 15.8 Å². The van der Waals surface area contributed by atoms with E-state index in [0.717, 1.165) is 22.7 Å². The van der Waals surface area contributed by atoms with E-state index in [0.29, 0.717) is 11.5 Å². The Balaban J connectivity index is 1.85. The van der Waals surface area contributed by atoms with Crippen LogP contribution >= 0.6 is 0 Å². The van der Waals surface area contributed by atoms with Gasteiger partial charge in [0.15, 0.2) is 0 Å². The Labute approximate surface area is 128 Å². The highest BCUT2D eigenvalue weighted by atomic mass is 16.5. The molecule has 0 bridgehead atoms. The van der Waals surface area contributed by atoms with E-state index in [1.807, 2.05) is 54.6 Å². The largest absolute Gasteiger partial charge is 0.497 e. The second-order valence-corrected chi connectivity index (χ2v) is 4.77. The van der Waals surface area contributed by atoms with Crippen molar-refractivity contribution in [2.24, 2.45) is 0 Å². The lowest BCUT2D eigenvalue weighted by atomic mass is 10.1. The molecule has 0 fully saturated rings. The molecule has 0 unspecified atom stereocenters. The van der Waals surface area contributed by atoms with Gasteiger partial charge in [-0.1, -0.05) is 6.07 Å². The van der Waals surface area contributed by atoms with Crippen molar-refractivity contribution in [3.05, 3.63) is 60.9 Å². The molecule has 2 aromatic carbocycles. The number of anilines is 3. The Kier molecular flexibility index (Phi) is 3.87. The Morgan fingerprint density at radius 3 is 2.55 bits per heavy atom. The number of nitrogens with one attached hydrogen (secondary N) is 1. The molecular weight excluding hydrogens is 276 g/mol. The fourth-order valence-corrected chi connectivity index (χ4v) is 2.11. The van der Waals surface area contributed by atoms with Crippen LogP contribution in [0.3, 0.4) is 0 Å². The number of hydrogen-bond donors (Lipinski definition) is 2. The third-order valence-corrected chi connectivity index (χ3v) is 3.21. The fraction of sp³-hybridized carbons (Fsp3) is 0.0588. The minimum absolute atomic E-state index is 0.703. The van der Waals surface area contributed by atoms with Crippen LogP contribution in [-0.4, -0.2) is 17.1 Å². The van der Waals surface area contributed by atoms with Crippen molar-refractivity contribution in [2.75, 3.05) is 18.2 Å². The summed E-state index contributed by atoms with van der Waals surface area (Å²) in [6, 6.07) is 17.2. The van der Waals surface area contributed by atoms with Crippen LogP contribution in [0.15, 0.2) is 60.9 Å². The van der Waals surface area contributed by atoms with Gasteiger partial charge in [-0.2, -0.15) is 0 Å². The molecule has 1 heterocycles. The average Bonchev–Trinajstić information content (AvgIpc) is 2.55. The lowest BCUT2D eigenvalue weighted by Gasteiger charge is -2.08. The van der Waals surface area contributed by atoms with E-state index in [-0.39, 0.29) is 0 Å². The molecule has 3 rings (SSSR count). The summed E-state index contributed by atoms with van der Waals surface area (Å²) in [6.07, 6.45) is 1.54. The van der Waals surface area contributed by atoms with Crippen LogP contribution in [0.2, 0.25) is 0 Å². The molecule has 5 nitrogen and oxygen atoms in total. The summed E-state index contributed by atoms with van der Waals surface area (Å²) in [7, 11) is 1.65. The molecule has 22 heavy (non-hydrogen) atoms. The summed E-state index contributed by atoms with van der Waals surface area (Å²) in [4.78, 5) is 8.54. The number of nitrogens with two attached hydrogens (primary N) is 1. The molecular formula is C17H16N4O. The van der Waals surface area contributed by atoms with Crippen LogP contribution < -0.4 is 15.8 Å². The van der Waals surface area contributed by atoms with Gasteiger partial charge in [-0.15, -0.1) is 0 Å². The minimum Gasteiger partial charge on any atom is -0.497 e. The van der Waals surface area contributed by atoms with Gasteiger partial charge in [-0.3, -0.25) is 0 Å². The maximum atomic E-state index is 5.78. The van der Waals surface area contributed by atoms with Crippen LogP contribution in [0.25, 0.3) is 11.3 Å². The van der Waals surface area contributed by atoms with Crippen LogP contribution in [0.5, 0.6) is 5.75 Å². The number of benzene rings is 2. The number of methoxy groups -OCH3 is 1. The topological polar surface area (TPSA) is 73.1 Å². The number of nitrogen functional groups attached to an aromatic ring is 1. The van der Waals surface area contributed by atoms with Crippen LogP contribution in [0.4, 0.5) is 17.2 Å². The summed E-state index contributed by atoms with van der Waals surface area (Å²) < 4.78 is 5.16. The summed E-state index contributed by atoms with van der Waals surface area (Å²) in [5.74, 6) is 1.53. The van der Waals surface area contributed by atoms with Crippen molar-refractivity contribution >= 4 is 17.2 Å². The van der Waals surface area contributed by atoms with Crippen LogP contribution in [-0.2, 0) is 0 Å². The van der Waals surface area contributed by atoms with E-state index in [4.69, 9.17) is 10.5 Å². The van der Waals surface area contributed by atoms with Crippen molar-refractivity contribution in [3.63, 3.8) is 0 Å². The highest BCUT2D eigenvalue weighted by molar-refractivity contribution is 5.67. The van der Waals surface area contributed by atoms with Crippen molar-refractivity contribution in [3.8, 4) is 17.0 Å². The van der Waals surface area contributed by atoms with E-state index in [9.17, 15) is 0 Å². The predicted octanol–water partition coefficient (Wildman–Crippen LogP) is 3.48. The number of rotatable bonds is 4. The highest BCUT2D eigenvalue weighted by Gasteiger charge is 2.03. The zero-order chi connectivity index (χ0) is 15.4. The Bertz CT molecular complexity index is 772. The molecule has 0 spiro atoms. The number of ether oxygens (including phenoxy) is 1. The maximum Gasteiger partial charge on any atom is 0.134 e. The quantitative estimate of drug-likeness (QED) is 0.720. The molecule has 5 heteroatoms. The normalized spacial score (nSPS) is 10.2. The van der Waals surface area contributed by atoms with Crippen molar-refractivity contribution in [2.45, 2.75) is 0 Å². The molecule has 0 atom stereocenters. The monoisotopic (exact) mass is 292 g/mol. The Hall–Kier alpha value is -3.08. The lowest BCUT2D eigenvalue weighted by molar-refractivity contribution is 0.415. The summed E-state index contributed by atoms with van der Waals surface area (Å²) in [6.45, 7) is 0. The average molecular weight is 292 g/mol. The standard InChI is InChI=1S/C17H16N4O/c1-22-15-7-5-12(6-8-15)16-10-17(20-11-19-16)21-14-4-2-3-13(18)9-14/h2-11H,18H2,1H3,(H,19,20,21). The first-order valence-electron chi connectivity index (χ1n) is 6.83. The summed E-state index contributed by atoms with van der Waals surface area (Å²) in [5.41, 5.74) is 9.20. The first kappa shape index (κ1) is 13.9. The molecule has 0 aliphatic heterocycles. The first-order valence-corrected chi connectivity index (χ1v) is 6.83. The first-order chi connectivity index (χ1) is 10.7. The smallest absolute Gasteiger partial charge is 0.134 e. The Morgan fingerprint density at radius 2 is 1.82 bits per heavy atom. The number of nitrogens with zero attached hydrogens (tertiary/aromatic N) is 2. The molecule has 3 N–H and O–H groups in total. The maximum absolute atomic E-state index is 5.78. The van der Waals surface area contributed by atoms with E-state index < -0.39 is 0 Å². The lowest BCUT2D eigenvalue weighted by Crippen LogP contribution is -1.96. The molecule has 0 aliphatic carbocycles. The molecule has 0 aliphatic rings. The zero-order valence-corrected chi connectivity index (χ0v) is 12.2. The molecule has 0 amide bonds. The van der Waals surface area contributed by atoms with Gasteiger partial charge in [0, 0.05) is 23.0 Å². The Morgan fingerprint density at radius 1 is 1.00 bits per heavy atom. The van der Waals surface area contributed by atoms with Gasteiger partial charge >= 0.3 is 0 Å². The third-order valence-electron chi connectivity index (χ3n) is 3.21. The van der Waals surface area contributed by atoms with Gasteiger partial charge in [0.2, 0.25) is 0 Å². The SMILES string of the molecule is COc1ccc(-c2cc(Nc3cccc(N)c3)ncn2)cc1. The number of hydrogen-bond acceptors (Lipinski definition) is 5. The minimum atomic E-state index is 0.703. The summed E-state index contributed by atoms with van der Waals surface area (Å²) in [5, 5.41) is 3.22. The van der Waals surface area contributed by atoms with Gasteiger partial charge in [0.1, 0.15) is 17.9 Å². The van der Waals surface area contributed by atoms with Crippen LogP contribution in [0.1, 0.15) is 0 Å². The van der Waals surface area contributed by atoms with Crippen molar-refractivity contribution in [1.82, 2.24) is 9.97 Å². The molecule has 0 radical (unpaired) electrons. The van der Waals surface area contributed by atoms with E-state index in [1.54, 1.807) is 7.11 Å². The molecule has 1 aromatic heterocycles. The van der Waals surface area contributed by atoms with Crippen molar-refractivity contribution in [1.29, 1.82) is 0 Å². The van der Waals surface area contributed by atoms with Gasteiger partial charge in [-0.05, 0) is 42.5 Å². The van der Waals surface area contributed by atoms with E-state index in [2.05, 4.69) is 15.3 Å². The summed E-state index contributed by atoms with van der Waals surface area (Å²) >= 11 is 0. The van der Waals surface area contributed by atoms with E-state index >= 15 is 0 Å². The van der Waals surface area contributed by atoms with Crippen molar-refractivity contribution < 1.29 is 4.74 Å². The second-order valence-electron chi connectivity index (χ2n) is 4.77. The van der Waals surface area contributed by atoms with Crippen LogP contribution in [0, 0.1) is 0 Å². The molecule has 3 aromatic rings. The second kappa shape index (κ2) is 6.13. The fourth-order valence-electron chi connectivity index (χ4n) is 2.11. The molecule has 110 valence electrons. The predicted molar refractivity (Wildman–Crippen MR) is 88.2 cm³/mol. The van der Waals surface area contributed by atoms with Gasteiger partial charge in [0.05, 0.1) is 12.8 Å². The van der Waals surface area contributed by atoms with E-state index in [1.165, 1.54) is 6.33 Å². The van der Waals surface area contributed by atoms with Gasteiger partial charge in [0.25, 0.3) is 0 Å². The van der Waals surface area contributed by atoms with Gasteiger partial charge in [-0.25, -0.2) is 9.97 Å². The number of aromatic nitrogens is 2. The molecule has 0 saturated heterocycles. The third kappa shape index (κ3) is 3.15. The highest BCUT2D eigenvalue weighted by Crippen LogP contribution is 2.23. The zero-order valence-electron chi connectivity index (χ0n) is 12.2.